The highest BCUT2D eigenvalue weighted by molar-refractivity contribution is 5.50. The molecule has 0 fully saturated rings. The van der Waals surface area contributed by atoms with E-state index in [4.69, 9.17) is 4.74 Å². The molecule has 1 atom stereocenters. The summed E-state index contributed by atoms with van der Waals surface area (Å²) in [4.78, 5) is 0. The van der Waals surface area contributed by atoms with Gasteiger partial charge in [-0.05, 0) is 18.4 Å². The molecule has 2 aromatic rings. The Morgan fingerprint density at radius 1 is 1.06 bits per heavy atom. The second-order valence-electron chi connectivity index (χ2n) is 4.50. The third-order valence-corrected chi connectivity index (χ3v) is 3.27. The smallest absolute Gasteiger partial charge is 0.130 e. The second kappa shape index (κ2) is 4.26. The lowest BCUT2D eigenvalue weighted by Gasteiger charge is -2.27. The lowest BCUT2D eigenvalue weighted by atomic mass is 9.97. The van der Waals surface area contributed by atoms with Crippen LogP contribution in [0.15, 0.2) is 42.5 Å². The Hall–Kier alpha value is -2.16. The first-order valence-corrected chi connectivity index (χ1v) is 6.00. The van der Waals surface area contributed by atoms with Crippen LogP contribution in [0.3, 0.4) is 0 Å². The number of aromatic hydroxyl groups is 2. The van der Waals surface area contributed by atoms with Crippen LogP contribution in [-0.4, -0.2) is 10.2 Å². The van der Waals surface area contributed by atoms with E-state index in [-0.39, 0.29) is 17.6 Å². The lowest BCUT2D eigenvalue weighted by molar-refractivity contribution is 0.174. The van der Waals surface area contributed by atoms with Gasteiger partial charge in [-0.15, -0.1) is 0 Å². The van der Waals surface area contributed by atoms with Crippen LogP contribution >= 0.6 is 0 Å². The van der Waals surface area contributed by atoms with Crippen molar-refractivity contribution >= 4 is 0 Å². The van der Waals surface area contributed by atoms with E-state index >= 15 is 0 Å². The number of benzene rings is 2. The molecule has 18 heavy (non-hydrogen) atoms. The van der Waals surface area contributed by atoms with Crippen LogP contribution < -0.4 is 4.74 Å². The second-order valence-corrected chi connectivity index (χ2v) is 4.50. The molecule has 1 aliphatic heterocycles. The van der Waals surface area contributed by atoms with E-state index in [0.717, 1.165) is 24.0 Å². The fraction of sp³-hybridized carbons (Fsp3) is 0.200. The van der Waals surface area contributed by atoms with Crippen LogP contribution in [-0.2, 0) is 6.42 Å². The van der Waals surface area contributed by atoms with Crippen LogP contribution in [0, 0.1) is 0 Å². The fourth-order valence-corrected chi connectivity index (χ4v) is 2.36. The Labute approximate surface area is 105 Å². The molecule has 0 spiro atoms. The zero-order chi connectivity index (χ0) is 12.5. The Balaban J connectivity index is 1.94. The molecule has 0 bridgehead atoms. The zero-order valence-corrected chi connectivity index (χ0v) is 9.84. The average Bonchev–Trinajstić information content (AvgIpc) is 2.39. The molecule has 3 rings (SSSR count). The normalized spacial score (nSPS) is 17.9. The minimum Gasteiger partial charge on any atom is -0.508 e. The van der Waals surface area contributed by atoms with Gasteiger partial charge in [0, 0.05) is 17.7 Å². The van der Waals surface area contributed by atoms with Gasteiger partial charge in [0.1, 0.15) is 23.4 Å². The first-order chi connectivity index (χ1) is 8.74. The third-order valence-electron chi connectivity index (χ3n) is 3.27. The molecule has 0 radical (unpaired) electrons. The summed E-state index contributed by atoms with van der Waals surface area (Å²) < 4.78 is 5.86. The number of phenolic OH excluding ortho intramolecular Hbond substituents is 2. The molecule has 0 aliphatic carbocycles. The molecular weight excluding hydrogens is 228 g/mol. The number of hydrogen-bond donors (Lipinski definition) is 2. The van der Waals surface area contributed by atoms with Crippen molar-refractivity contribution in [2.24, 2.45) is 0 Å². The number of fused-ring (bicyclic) bond motifs is 1. The molecule has 0 amide bonds. The predicted molar refractivity (Wildman–Crippen MR) is 67.9 cm³/mol. The van der Waals surface area contributed by atoms with Gasteiger partial charge in [-0.2, -0.15) is 0 Å². The molecule has 0 aromatic heterocycles. The zero-order valence-electron chi connectivity index (χ0n) is 9.84. The van der Waals surface area contributed by atoms with Crippen molar-refractivity contribution in [2.75, 3.05) is 0 Å². The molecule has 2 aromatic carbocycles. The van der Waals surface area contributed by atoms with Crippen molar-refractivity contribution < 1.29 is 14.9 Å². The van der Waals surface area contributed by atoms with Crippen LogP contribution in [0.25, 0.3) is 0 Å². The summed E-state index contributed by atoms with van der Waals surface area (Å²) in [6.45, 7) is 0. The van der Waals surface area contributed by atoms with Crippen LogP contribution in [0.4, 0.5) is 0 Å². The maximum absolute atomic E-state index is 9.75. The van der Waals surface area contributed by atoms with E-state index in [0.29, 0.717) is 5.75 Å². The number of ether oxygens (including phenoxy) is 1. The van der Waals surface area contributed by atoms with Gasteiger partial charge in [-0.1, -0.05) is 30.3 Å². The van der Waals surface area contributed by atoms with Gasteiger partial charge in [0.2, 0.25) is 0 Å². The molecular formula is C15H14O3. The number of phenols is 2. The average molecular weight is 242 g/mol. The first-order valence-electron chi connectivity index (χ1n) is 6.00. The molecule has 3 heteroatoms. The van der Waals surface area contributed by atoms with E-state index < -0.39 is 0 Å². The molecule has 3 nitrogen and oxygen atoms in total. The van der Waals surface area contributed by atoms with Crippen molar-refractivity contribution in [3.63, 3.8) is 0 Å². The largest absolute Gasteiger partial charge is 0.508 e. The highest BCUT2D eigenvalue weighted by Crippen LogP contribution is 2.41. The highest BCUT2D eigenvalue weighted by Gasteiger charge is 2.23. The van der Waals surface area contributed by atoms with Gasteiger partial charge in [0.05, 0.1) is 0 Å². The highest BCUT2D eigenvalue weighted by atomic mass is 16.5. The van der Waals surface area contributed by atoms with Crippen molar-refractivity contribution in [2.45, 2.75) is 18.9 Å². The minimum atomic E-state index is -0.0140. The lowest BCUT2D eigenvalue weighted by Crippen LogP contribution is -2.15. The van der Waals surface area contributed by atoms with Gasteiger partial charge >= 0.3 is 0 Å². The summed E-state index contributed by atoms with van der Waals surface area (Å²) in [7, 11) is 0. The Morgan fingerprint density at radius 3 is 2.61 bits per heavy atom. The van der Waals surface area contributed by atoms with Crippen LogP contribution in [0.1, 0.15) is 23.7 Å². The minimum absolute atomic E-state index is 0.0140. The topological polar surface area (TPSA) is 49.7 Å². The monoisotopic (exact) mass is 242 g/mol. The van der Waals surface area contributed by atoms with E-state index in [1.807, 2.05) is 30.3 Å². The van der Waals surface area contributed by atoms with E-state index in [1.54, 1.807) is 6.07 Å². The van der Waals surface area contributed by atoms with Gasteiger partial charge in [-0.25, -0.2) is 0 Å². The van der Waals surface area contributed by atoms with Crippen molar-refractivity contribution in [1.29, 1.82) is 0 Å². The summed E-state index contributed by atoms with van der Waals surface area (Å²) in [5, 5.41) is 19.2. The molecule has 0 unspecified atom stereocenters. The summed E-state index contributed by atoms with van der Waals surface area (Å²) in [5.74, 6) is 0.712. The first kappa shape index (κ1) is 11.0. The third kappa shape index (κ3) is 1.88. The predicted octanol–water partition coefficient (Wildman–Crippen LogP) is 3.16. The van der Waals surface area contributed by atoms with Gasteiger partial charge in [0.25, 0.3) is 0 Å². The van der Waals surface area contributed by atoms with Gasteiger partial charge in [0.15, 0.2) is 0 Å². The summed E-state index contributed by atoms with van der Waals surface area (Å²) in [6, 6.07) is 12.9. The molecule has 1 heterocycles. The number of rotatable bonds is 1. The number of hydrogen-bond acceptors (Lipinski definition) is 3. The Morgan fingerprint density at radius 2 is 1.83 bits per heavy atom. The standard InChI is InChI=1S/C15H14O3/c16-11-8-13(17)12-6-7-14(18-15(12)9-11)10-4-2-1-3-5-10/h1-5,8-9,14,16-17H,6-7H2/t14-/m0/s1. The van der Waals surface area contributed by atoms with E-state index in [9.17, 15) is 10.2 Å². The van der Waals surface area contributed by atoms with Crippen LogP contribution in [0.2, 0.25) is 0 Å². The van der Waals surface area contributed by atoms with Crippen molar-refractivity contribution in [1.82, 2.24) is 0 Å². The Bertz CT molecular complexity index is 563. The Kier molecular flexibility index (Phi) is 2.59. The fourth-order valence-electron chi connectivity index (χ4n) is 2.36. The van der Waals surface area contributed by atoms with Crippen molar-refractivity contribution in [3.8, 4) is 17.2 Å². The van der Waals surface area contributed by atoms with Crippen LogP contribution in [0.5, 0.6) is 17.2 Å². The quantitative estimate of drug-likeness (QED) is 0.807. The molecule has 2 N–H and O–H groups in total. The summed E-state index contributed by atoms with van der Waals surface area (Å²) >= 11 is 0. The van der Waals surface area contributed by atoms with Gasteiger partial charge < -0.3 is 14.9 Å². The molecule has 92 valence electrons. The van der Waals surface area contributed by atoms with E-state index in [1.165, 1.54) is 6.07 Å². The maximum Gasteiger partial charge on any atom is 0.130 e. The van der Waals surface area contributed by atoms with E-state index in [2.05, 4.69) is 0 Å². The summed E-state index contributed by atoms with van der Waals surface area (Å²) in [5.41, 5.74) is 1.89. The summed E-state index contributed by atoms with van der Waals surface area (Å²) in [6.07, 6.45) is 1.57. The molecule has 0 saturated carbocycles. The van der Waals surface area contributed by atoms with Gasteiger partial charge in [-0.3, -0.25) is 0 Å². The maximum atomic E-state index is 9.75. The SMILES string of the molecule is Oc1cc(O)c2c(c1)O[C@H](c1ccccc1)CC2. The van der Waals surface area contributed by atoms with Crippen molar-refractivity contribution in [3.05, 3.63) is 53.6 Å². The molecule has 1 aliphatic rings. The molecule has 0 saturated heterocycles.